The van der Waals surface area contributed by atoms with Crippen molar-refractivity contribution < 1.29 is 24.5 Å². The highest BCUT2D eigenvalue weighted by Crippen LogP contribution is 2.31. The van der Waals surface area contributed by atoms with Gasteiger partial charge in [0.05, 0.1) is 13.2 Å². The molecule has 0 bridgehead atoms. The molecule has 2 aromatic rings. The second-order valence-electron chi connectivity index (χ2n) is 5.92. The van der Waals surface area contributed by atoms with Gasteiger partial charge in [0, 0.05) is 18.9 Å². The molecule has 0 radical (unpaired) electrons. The smallest absolute Gasteiger partial charge is 0.404 e. The molecule has 1 fully saturated rings. The number of hydrogen-bond acceptors (Lipinski definition) is 4. The van der Waals surface area contributed by atoms with E-state index in [-0.39, 0.29) is 18.0 Å². The summed E-state index contributed by atoms with van der Waals surface area (Å²) in [6, 6.07) is 11.4. The van der Waals surface area contributed by atoms with E-state index in [2.05, 4.69) is 11.4 Å². The number of carboxylic acid groups (broad SMARTS) is 1. The Bertz CT molecular complexity index is 710. The number of rotatable bonds is 5. The molecule has 6 nitrogen and oxygen atoms in total. The predicted octanol–water partition coefficient (Wildman–Crippen LogP) is 3.05. The Labute approximate surface area is 140 Å². The summed E-state index contributed by atoms with van der Waals surface area (Å²) in [6.07, 6.45) is 0.0457. The first-order valence-electron chi connectivity index (χ1n) is 8.05. The van der Waals surface area contributed by atoms with Crippen molar-refractivity contribution in [3.8, 4) is 5.75 Å². The lowest BCUT2D eigenvalue weighted by Crippen LogP contribution is -2.32. The van der Waals surface area contributed by atoms with Gasteiger partial charge in [-0.3, -0.25) is 0 Å². The van der Waals surface area contributed by atoms with Crippen molar-refractivity contribution in [2.75, 3.05) is 19.8 Å². The summed E-state index contributed by atoms with van der Waals surface area (Å²) in [7, 11) is 0. The third-order valence-electron chi connectivity index (χ3n) is 4.20. The van der Waals surface area contributed by atoms with Crippen LogP contribution in [0.3, 0.4) is 0 Å². The molecule has 1 aliphatic heterocycles. The number of benzene rings is 2. The molecule has 0 spiro atoms. The first-order chi connectivity index (χ1) is 11.6. The van der Waals surface area contributed by atoms with Gasteiger partial charge in [-0.05, 0) is 34.9 Å². The number of aromatic hydroxyl groups is 1. The number of carbonyl (C=O) groups is 1. The van der Waals surface area contributed by atoms with Crippen molar-refractivity contribution in [3.63, 3.8) is 0 Å². The third-order valence-corrected chi connectivity index (χ3v) is 4.20. The van der Waals surface area contributed by atoms with E-state index in [0.29, 0.717) is 32.6 Å². The lowest BCUT2D eigenvalue weighted by Gasteiger charge is -2.30. The molecule has 0 aromatic heterocycles. The molecule has 0 unspecified atom stereocenters. The standard InChI is InChI=1S/C18H21NO5/c20-14-6-7-16-12(9-14)3-1-4-15(16)13-10-23-17(24-11-13)5-2-8-19-18(21)22/h1,3-4,6-7,9,13,17,19-20H,2,5,8,10-11H2,(H,21,22)/t13-,17-. The topological polar surface area (TPSA) is 88.0 Å². The molecular formula is C18H21NO5. The van der Waals surface area contributed by atoms with Crippen LogP contribution < -0.4 is 5.32 Å². The van der Waals surface area contributed by atoms with E-state index in [0.717, 1.165) is 16.3 Å². The summed E-state index contributed by atoms with van der Waals surface area (Å²) in [5.74, 6) is 0.400. The summed E-state index contributed by atoms with van der Waals surface area (Å²) in [5, 5.41) is 22.6. The zero-order chi connectivity index (χ0) is 16.9. The van der Waals surface area contributed by atoms with Crippen LogP contribution in [0.2, 0.25) is 0 Å². The van der Waals surface area contributed by atoms with Crippen LogP contribution in [0.1, 0.15) is 24.3 Å². The Morgan fingerprint density at radius 1 is 1.21 bits per heavy atom. The van der Waals surface area contributed by atoms with Crippen LogP contribution in [0.25, 0.3) is 10.8 Å². The Hall–Kier alpha value is -2.31. The van der Waals surface area contributed by atoms with E-state index >= 15 is 0 Å². The fourth-order valence-electron chi connectivity index (χ4n) is 3.01. The van der Waals surface area contributed by atoms with Gasteiger partial charge in [-0.15, -0.1) is 0 Å². The highest BCUT2D eigenvalue weighted by atomic mass is 16.7. The third kappa shape index (κ3) is 3.96. The summed E-state index contributed by atoms with van der Waals surface area (Å²) in [6.45, 7) is 1.53. The summed E-state index contributed by atoms with van der Waals surface area (Å²) >= 11 is 0. The van der Waals surface area contributed by atoms with Gasteiger partial charge in [0.2, 0.25) is 0 Å². The molecule has 3 rings (SSSR count). The minimum Gasteiger partial charge on any atom is -0.508 e. The van der Waals surface area contributed by atoms with E-state index in [1.807, 2.05) is 18.2 Å². The van der Waals surface area contributed by atoms with Crippen LogP contribution in [0.4, 0.5) is 4.79 Å². The summed E-state index contributed by atoms with van der Waals surface area (Å²) in [4.78, 5) is 10.4. The van der Waals surface area contributed by atoms with Crippen LogP contribution in [0.15, 0.2) is 36.4 Å². The van der Waals surface area contributed by atoms with Gasteiger partial charge in [-0.1, -0.05) is 24.3 Å². The maximum atomic E-state index is 10.4. The Kier molecular flexibility index (Phi) is 5.17. The number of phenolic OH excluding ortho intramolecular Hbond substituents is 1. The number of ether oxygens (including phenoxy) is 2. The van der Waals surface area contributed by atoms with Gasteiger partial charge >= 0.3 is 6.09 Å². The van der Waals surface area contributed by atoms with Gasteiger partial charge in [0.1, 0.15) is 5.75 Å². The van der Waals surface area contributed by atoms with Crippen molar-refractivity contribution in [1.82, 2.24) is 5.32 Å². The molecule has 3 N–H and O–H groups in total. The molecule has 1 amide bonds. The molecule has 0 aliphatic carbocycles. The zero-order valence-electron chi connectivity index (χ0n) is 13.3. The Balaban J connectivity index is 1.58. The largest absolute Gasteiger partial charge is 0.508 e. The Morgan fingerprint density at radius 3 is 2.75 bits per heavy atom. The highest BCUT2D eigenvalue weighted by molar-refractivity contribution is 5.87. The average Bonchev–Trinajstić information content (AvgIpc) is 2.58. The van der Waals surface area contributed by atoms with E-state index < -0.39 is 6.09 Å². The lowest BCUT2D eigenvalue weighted by molar-refractivity contribution is -0.189. The average molecular weight is 331 g/mol. The molecule has 1 heterocycles. The van der Waals surface area contributed by atoms with Crippen molar-refractivity contribution in [2.45, 2.75) is 25.0 Å². The lowest BCUT2D eigenvalue weighted by atomic mass is 9.94. The van der Waals surface area contributed by atoms with E-state index in [1.54, 1.807) is 12.1 Å². The van der Waals surface area contributed by atoms with E-state index in [1.165, 1.54) is 0 Å². The van der Waals surface area contributed by atoms with Crippen LogP contribution in [0.5, 0.6) is 5.75 Å². The quantitative estimate of drug-likeness (QED) is 0.733. The maximum Gasteiger partial charge on any atom is 0.404 e. The van der Waals surface area contributed by atoms with Gasteiger partial charge in [0.25, 0.3) is 0 Å². The maximum absolute atomic E-state index is 10.4. The molecule has 6 heteroatoms. The number of nitrogens with one attached hydrogen (secondary N) is 1. The van der Waals surface area contributed by atoms with Crippen molar-refractivity contribution in [3.05, 3.63) is 42.0 Å². The van der Waals surface area contributed by atoms with Gasteiger partial charge < -0.3 is 25.0 Å². The summed E-state index contributed by atoms with van der Waals surface area (Å²) in [5.41, 5.74) is 1.15. The van der Waals surface area contributed by atoms with Crippen molar-refractivity contribution in [1.29, 1.82) is 0 Å². The van der Waals surface area contributed by atoms with E-state index in [9.17, 15) is 9.90 Å². The summed E-state index contributed by atoms with van der Waals surface area (Å²) < 4.78 is 11.6. The van der Waals surface area contributed by atoms with Gasteiger partial charge in [-0.2, -0.15) is 0 Å². The Morgan fingerprint density at radius 2 is 2.00 bits per heavy atom. The fourth-order valence-corrected chi connectivity index (χ4v) is 3.01. The monoisotopic (exact) mass is 331 g/mol. The number of hydrogen-bond donors (Lipinski definition) is 3. The molecule has 1 saturated heterocycles. The first-order valence-corrected chi connectivity index (χ1v) is 8.05. The highest BCUT2D eigenvalue weighted by Gasteiger charge is 2.24. The number of phenols is 1. The normalized spacial score (nSPS) is 20.8. The second-order valence-corrected chi connectivity index (χ2v) is 5.92. The predicted molar refractivity (Wildman–Crippen MR) is 89.3 cm³/mol. The molecule has 128 valence electrons. The first kappa shape index (κ1) is 16.5. The SMILES string of the molecule is O=C(O)NCCC[C@H]1OC[C@H](c2cccc3cc(O)ccc32)CO1. The van der Waals surface area contributed by atoms with Crippen LogP contribution in [-0.2, 0) is 9.47 Å². The molecule has 2 aromatic carbocycles. The molecule has 24 heavy (non-hydrogen) atoms. The molecule has 0 saturated carbocycles. The fraction of sp³-hybridized carbons (Fsp3) is 0.389. The number of fused-ring (bicyclic) bond motifs is 1. The van der Waals surface area contributed by atoms with E-state index in [4.69, 9.17) is 14.6 Å². The van der Waals surface area contributed by atoms with Crippen LogP contribution >= 0.6 is 0 Å². The van der Waals surface area contributed by atoms with Crippen molar-refractivity contribution in [2.24, 2.45) is 0 Å². The van der Waals surface area contributed by atoms with Crippen LogP contribution in [-0.4, -0.2) is 42.4 Å². The number of amides is 1. The molecular weight excluding hydrogens is 310 g/mol. The van der Waals surface area contributed by atoms with Crippen LogP contribution in [0, 0.1) is 0 Å². The minimum atomic E-state index is -1.01. The van der Waals surface area contributed by atoms with Crippen molar-refractivity contribution >= 4 is 16.9 Å². The molecule has 0 atom stereocenters. The van der Waals surface area contributed by atoms with Gasteiger partial charge in [0.15, 0.2) is 6.29 Å². The minimum absolute atomic E-state index is 0.145. The zero-order valence-corrected chi connectivity index (χ0v) is 13.3. The molecule has 1 aliphatic rings. The second kappa shape index (κ2) is 7.51. The van der Waals surface area contributed by atoms with Gasteiger partial charge in [-0.25, -0.2) is 4.79 Å².